The molecule has 1 heterocycles. The summed E-state index contributed by atoms with van der Waals surface area (Å²) in [5.41, 5.74) is 3.12. The van der Waals surface area contributed by atoms with E-state index in [2.05, 4.69) is 0 Å². The molecule has 0 aromatic heterocycles. The van der Waals surface area contributed by atoms with Crippen molar-refractivity contribution >= 4 is 34.7 Å². The molecule has 27 heavy (non-hydrogen) atoms. The Bertz CT molecular complexity index is 858. The molecule has 1 saturated heterocycles. The van der Waals surface area contributed by atoms with Crippen LogP contribution in [0.25, 0.3) is 6.08 Å². The van der Waals surface area contributed by atoms with E-state index in [1.165, 1.54) is 4.90 Å². The summed E-state index contributed by atoms with van der Waals surface area (Å²) in [5.74, 6) is 0.457. The first-order valence-corrected chi connectivity index (χ1v) is 9.48. The molecule has 1 aliphatic heterocycles. The Hall–Kier alpha value is -2.73. The summed E-state index contributed by atoms with van der Waals surface area (Å²) in [7, 11) is 3.94. The number of carbonyl (C=O) groups excluding carboxylic acids is 2. The van der Waals surface area contributed by atoms with Gasteiger partial charge in [0.1, 0.15) is 12.4 Å². The molecule has 2 aromatic rings. The van der Waals surface area contributed by atoms with E-state index in [1.54, 1.807) is 6.08 Å². The molecule has 1 aliphatic rings. The monoisotopic (exact) mass is 382 g/mol. The maximum atomic E-state index is 12.5. The Labute approximate surface area is 163 Å². The quantitative estimate of drug-likeness (QED) is 0.702. The molecule has 0 atom stereocenters. The number of hydrogen-bond donors (Lipinski definition) is 0. The lowest BCUT2D eigenvalue weighted by molar-refractivity contribution is -0.123. The Balaban J connectivity index is 1.61. The van der Waals surface area contributed by atoms with Crippen LogP contribution in [0, 0.1) is 6.92 Å². The first-order chi connectivity index (χ1) is 12.9. The second-order valence-corrected chi connectivity index (χ2v) is 7.47. The Morgan fingerprint density at radius 2 is 1.70 bits per heavy atom. The highest BCUT2D eigenvalue weighted by Gasteiger charge is 2.34. The average Bonchev–Trinajstić information content (AvgIpc) is 2.91. The molecular weight excluding hydrogens is 360 g/mol. The predicted octanol–water partition coefficient (Wildman–Crippen LogP) is 4.18. The molecule has 1 fully saturated rings. The van der Waals surface area contributed by atoms with Crippen LogP contribution in [0.5, 0.6) is 5.75 Å². The molecular formula is C21H22N2O3S. The van der Waals surface area contributed by atoms with Gasteiger partial charge in [0.15, 0.2) is 0 Å². The van der Waals surface area contributed by atoms with Crippen molar-refractivity contribution in [3.63, 3.8) is 0 Å². The minimum Gasteiger partial charge on any atom is -0.492 e. The molecule has 0 N–H and O–H groups in total. The van der Waals surface area contributed by atoms with E-state index in [-0.39, 0.29) is 24.3 Å². The molecule has 0 aliphatic carbocycles. The molecule has 0 unspecified atom stereocenters. The number of thioether (sulfide) groups is 1. The van der Waals surface area contributed by atoms with Crippen LogP contribution in [0.15, 0.2) is 53.4 Å². The highest BCUT2D eigenvalue weighted by atomic mass is 32.2. The second-order valence-electron chi connectivity index (χ2n) is 6.48. The Kier molecular flexibility index (Phi) is 5.86. The van der Waals surface area contributed by atoms with Crippen molar-refractivity contribution in [1.29, 1.82) is 0 Å². The summed E-state index contributed by atoms with van der Waals surface area (Å²) in [6.07, 6.45) is 1.76. The van der Waals surface area contributed by atoms with Gasteiger partial charge in [0.2, 0.25) is 0 Å². The highest BCUT2D eigenvalue weighted by Crippen LogP contribution is 2.32. The van der Waals surface area contributed by atoms with Crippen molar-refractivity contribution in [1.82, 2.24) is 4.90 Å². The third-order valence-electron chi connectivity index (χ3n) is 4.19. The maximum Gasteiger partial charge on any atom is 0.293 e. The smallest absolute Gasteiger partial charge is 0.293 e. The summed E-state index contributed by atoms with van der Waals surface area (Å²) < 4.78 is 5.63. The lowest BCUT2D eigenvalue weighted by Gasteiger charge is -2.13. The number of benzene rings is 2. The van der Waals surface area contributed by atoms with Gasteiger partial charge in [-0.15, -0.1) is 0 Å². The fourth-order valence-electron chi connectivity index (χ4n) is 2.60. The standard InChI is InChI=1S/C21H22N2O3S/c1-15-4-10-18(11-5-15)26-13-12-23-20(24)19(27-21(23)25)14-16-6-8-17(9-7-16)22(2)3/h4-11,14H,12-13H2,1-3H3. The summed E-state index contributed by atoms with van der Waals surface area (Å²) >= 11 is 0.968. The van der Waals surface area contributed by atoms with E-state index in [0.717, 1.165) is 34.3 Å². The number of ether oxygens (including phenoxy) is 1. The molecule has 0 bridgehead atoms. The average molecular weight is 382 g/mol. The summed E-state index contributed by atoms with van der Waals surface area (Å²) in [5, 5.41) is -0.260. The van der Waals surface area contributed by atoms with Gasteiger partial charge in [-0.1, -0.05) is 29.8 Å². The third kappa shape index (κ3) is 4.71. The molecule has 6 heteroatoms. The van der Waals surface area contributed by atoms with Gasteiger partial charge >= 0.3 is 0 Å². The normalized spacial score (nSPS) is 15.5. The zero-order valence-corrected chi connectivity index (χ0v) is 16.5. The lowest BCUT2D eigenvalue weighted by Crippen LogP contribution is -2.32. The van der Waals surface area contributed by atoms with E-state index >= 15 is 0 Å². The number of amides is 2. The topological polar surface area (TPSA) is 49.9 Å². The second kappa shape index (κ2) is 8.31. The molecule has 2 aromatic carbocycles. The molecule has 3 rings (SSSR count). The van der Waals surface area contributed by atoms with Crippen molar-refractivity contribution in [2.45, 2.75) is 6.92 Å². The van der Waals surface area contributed by atoms with E-state index in [0.29, 0.717) is 4.91 Å². The summed E-state index contributed by atoms with van der Waals surface area (Å²) in [6, 6.07) is 15.5. The number of anilines is 1. The summed E-state index contributed by atoms with van der Waals surface area (Å²) in [4.78, 5) is 28.4. The van der Waals surface area contributed by atoms with Crippen molar-refractivity contribution in [3.05, 3.63) is 64.6 Å². The van der Waals surface area contributed by atoms with Crippen LogP contribution in [0.3, 0.4) is 0 Å². The van der Waals surface area contributed by atoms with Crippen LogP contribution >= 0.6 is 11.8 Å². The van der Waals surface area contributed by atoms with Gasteiger partial charge in [-0.3, -0.25) is 14.5 Å². The Morgan fingerprint density at radius 3 is 2.33 bits per heavy atom. The SMILES string of the molecule is Cc1ccc(OCCN2C(=O)SC(=Cc3ccc(N(C)C)cc3)C2=O)cc1. The van der Waals surface area contributed by atoms with Crippen molar-refractivity contribution in [3.8, 4) is 5.75 Å². The number of nitrogens with zero attached hydrogens (tertiary/aromatic N) is 2. The predicted molar refractivity (Wildman–Crippen MR) is 110 cm³/mol. The molecule has 0 radical (unpaired) electrons. The van der Waals surface area contributed by atoms with Crippen LogP contribution < -0.4 is 9.64 Å². The van der Waals surface area contributed by atoms with Crippen LogP contribution in [0.1, 0.15) is 11.1 Å². The maximum absolute atomic E-state index is 12.5. The zero-order valence-electron chi connectivity index (χ0n) is 15.6. The van der Waals surface area contributed by atoms with Gasteiger partial charge in [-0.05, 0) is 54.6 Å². The molecule has 140 valence electrons. The van der Waals surface area contributed by atoms with E-state index in [1.807, 2.05) is 74.4 Å². The largest absolute Gasteiger partial charge is 0.492 e. The van der Waals surface area contributed by atoms with Crippen LogP contribution in [0.4, 0.5) is 10.5 Å². The third-order valence-corrected chi connectivity index (χ3v) is 5.09. The van der Waals surface area contributed by atoms with Gasteiger partial charge in [-0.25, -0.2) is 0 Å². The molecule has 0 spiro atoms. The van der Waals surface area contributed by atoms with Crippen LogP contribution in [-0.2, 0) is 4.79 Å². The van der Waals surface area contributed by atoms with Gasteiger partial charge in [0.25, 0.3) is 11.1 Å². The van der Waals surface area contributed by atoms with Crippen molar-refractivity contribution in [2.24, 2.45) is 0 Å². The van der Waals surface area contributed by atoms with Crippen LogP contribution in [0.2, 0.25) is 0 Å². The number of carbonyl (C=O) groups is 2. The van der Waals surface area contributed by atoms with Gasteiger partial charge in [-0.2, -0.15) is 0 Å². The molecule has 2 amide bonds. The number of hydrogen-bond acceptors (Lipinski definition) is 5. The van der Waals surface area contributed by atoms with E-state index < -0.39 is 0 Å². The van der Waals surface area contributed by atoms with Crippen molar-refractivity contribution in [2.75, 3.05) is 32.1 Å². The minimum atomic E-state index is -0.269. The number of aryl methyl sites for hydroxylation is 1. The number of rotatable bonds is 6. The van der Waals surface area contributed by atoms with E-state index in [9.17, 15) is 9.59 Å². The molecule has 0 saturated carbocycles. The van der Waals surface area contributed by atoms with E-state index in [4.69, 9.17) is 4.74 Å². The fourth-order valence-corrected chi connectivity index (χ4v) is 3.47. The first-order valence-electron chi connectivity index (χ1n) is 8.66. The van der Waals surface area contributed by atoms with Crippen LogP contribution in [-0.4, -0.2) is 43.3 Å². The van der Waals surface area contributed by atoms with Gasteiger partial charge in [0.05, 0.1) is 11.4 Å². The van der Waals surface area contributed by atoms with Gasteiger partial charge in [0, 0.05) is 19.8 Å². The lowest BCUT2D eigenvalue weighted by atomic mass is 10.2. The number of imide groups is 1. The Morgan fingerprint density at radius 1 is 1.04 bits per heavy atom. The highest BCUT2D eigenvalue weighted by molar-refractivity contribution is 8.18. The first kappa shape index (κ1) is 19.0. The van der Waals surface area contributed by atoms with Gasteiger partial charge < -0.3 is 9.64 Å². The minimum absolute atomic E-state index is 0.232. The molecule has 5 nitrogen and oxygen atoms in total. The van der Waals surface area contributed by atoms with Crippen molar-refractivity contribution < 1.29 is 14.3 Å². The fraction of sp³-hybridized carbons (Fsp3) is 0.238. The summed E-state index contributed by atoms with van der Waals surface area (Å²) in [6.45, 7) is 2.51. The zero-order chi connectivity index (χ0) is 19.4.